The van der Waals surface area contributed by atoms with Crippen molar-refractivity contribution in [2.24, 2.45) is 11.7 Å². The third kappa shape index (κ3) is 3.60. The molecule has 3 nitrogen and oxygen atoms in total. The molecule has 1 aliphatic rings. The molecule has 0 aliphatic carbocycles. The predicted octanol–water partition coefficient (Wildman–Crippen LogP) is 2.66. The highest BCUT2D eigenvalue weighted by atomic mass is 79.9. The van der Waals surface area contributed by atoms with E-state index < -0.39 is 0 Å². The third-order valence-electron chi connectivity index (χ3n) is 3.39. The van der Waals surface area contributed by atoms with E-state index in [0.29, 0.717) is 12.0 Å². The molecule has 0 aromatic heterocycles. The number of nitrogens with zero attached hydrogens (tertiary/aromatic N) is 1. The fourth-order valence-electron chi connectivity index (χ4n) is 2.31. The van der Waals surface area contributed by atoms with Crippen LogP contribution in [0, 0.1) is 5.92 Å². The number of rotatable bonds is 3. The summed E-state index contributed by atoms with van der Waals surface area (Å²) < 4.78 is 6.45. The van der Waals surface area contributed by atoms with Crippen molar-refractivity contribution in [3.05, 3.63) is 28.2 Å². The van der Waals surface area contributed by atoms with Crippen LogP contribution >= 0.6 is 28.3 Å². The van der Waals surface area contributed by atoms with Crippen molar-refractivity contribution in [1.29, 1.82) is 0 Å². The van der Waals surface area contributed by atoms with Gasteiger partial charge in [-0.05, 0) is 18.1 Å². The fourth-order valence-corrected chi connectivity index (χ4v) is 2.65. The van der Waals surface area contributed by atoms with E-state index in [0.717, 1.165) is 29.9 Å². The molecule has 2 atom stereocenters. The molecule has 1 aromatic carbocycles. The summed E-state index contributed by atoms with van der Waals surface area (Å²) in [4.78, 5) is 2.39. The normalized spacial score (nSPS) is 23.8. The maximum Gasteiger partial charge on any atom is 0.124 e. The zero-order valence-electron chi connectivity index (χ0n) is 10.7. The average molecular weight is 336 g/mol. The van der Waals surface area contributed by atoms with Crippen LogP contribution in [0.4, 0.5) is 0 Å². The Morgan fingerprint density at radius 2 is 2.17 bits per heavy atom. The number of methoxy groups -OCH3 is 1. The van der Waals surface area contributed by atoms with Crippen LogP contribution in [0.5, 0.6) is 5.75 Å². The third-order valence-corrected chi connectivity index (χ3v) is 3.88. The number of halogens is 2. The van der Waals surface area contributed by atoms with Crippen molar-refractivity contribution in [3.8, 4) is 5.75 Å². The van der Waals surface area contributed by atoms with Gasteiger partial charge in [-0.25, -0.2) is 0 Å². The molecular formula is C13H20BrClN2O. The molecule has 2 N–H and O–H groups in total. The second-order valence-corrected chi connectivity index (χ2v) is 5.71. The SMILES string of the molecule is COc1cc(Br)ccc1CN1CC(C)C(N)C1.Cl. The summed E-state index contributed by atoms with van der Waals surface area (Å²) in [5, 5.41) is 0. The molecule has 1 heterocycles. The highest BCUT2D eigenvalue weighted by molar-refractivity contribution is 9.10. The van der Waals surface area contributed by atoms with Gasteiger partial charge >= 0.3 is 0 Å². The maximum absolute atomic E-state index is 6.04. The van der Waals surface area contributed by atoms with E-state index in [1.165, 1.54) is 5.56 Å². The molecule has 0 bridgehead atoms. The molecule has 18 heavy (non-hydrogen) atoms. The average Bonchev–Trinajstić information content (AvgIpc) is 2.60. The number of likely N-dealkylation sites (tertiary alicyclic amines) is 1. The summed E-state index contributed by atoms with van der Waals surface area (Å²) in [6.45, 7) is 5.17. The first-order valence-corrected chi connectivity index (χ1v) is 6.70. The Balaban J connectivity index is 0.00000162. The quantitative estimate of drug-likeness (QED) is 0.923. The van der Waals surface area contributed by atoms with Crippen molar-refractivity contribution >= 4 is 28.3 Å². The number of ether oxygens (including phenoxy) is 1. The van der Waals surface area contributed by atoms with E-state index in [1.54, 1.807) is 7.11 Å². The van der Waals surface area contributed by atoms with Crippen LogP contribution in [-0.4, -0.2) is 31.1 Å². The van der Waals surface area contributed by atoms with Crippen LogP contribution in [0.25, 0.3) is 0 Å². The summed E-state index contributed by atoms with van der Waals surface area (Å²) in [5.74, 6) is 1.52. The summed E-state index contributed by atoms with van der Waals surface area (Å²) in [5.41, 5.74) is 7.26. The molecule has 2 rings (SSSR count). The van der Waals surface area contributed by atoms with E-state index in [1.807, 2.05) is 6.07 Å². The van der Waals surface area contributed by atoms with Gasteiger partial charge in [-0.2, -0.15) is 0 Å². The zero-order valence-corrected chi connectivity index (χ0v) is 13.1. The van der Waals surface area contributed by atoms with Crippen LogP contribution in [0.15, 0.2) is 22.7 Å². The summed E-state index contributed by atoms with van der Waals surface area (Å²) in [6, 6.07) is 6.47. The van der Waals surface area contributed by atoms with Gasteiger partial charge in [-0.1, -0.05) is 28.9 Å². The van der Waals surface area contributed by atoms with E-state index in [4.69, 9.17) is 10.5 Å². The lowest BCUT2D eigenvalue weighted by atomic mass is 10.1. The summed E-state index contributed by atoms with van der Waals surface area (Å²) >= 11 is 3.46. The van der Waals surface area contributed by atoms with Gasteiger partial charge < -0.3 is 10.5 Å². The van der Waals surface area contributed by atoms with Crippen LogP contribution < -0.4 is 10.5 Å². The van der Waals surface area contributed by atoms with Gasteiger partial charge in [0.2, 0.25) is 0 Å². The fraction of sp³-hybridized carbons (Fsp3) is 0.538. The molecule has 1 saturated heterocycles. The maximum atomic E-state index is 6.04. The lowest BCUT2D eigenvalue weighted by Crippen LogP contribution is -2.28. The smallest absolute Gasteiger partial charge is 0.124 e. The Bertz CT molecular complexity index is 393. The van der Waals surface area contributed by atoms with Gasteiger partial charge in [0.15, 0.2) is 0 Å². The van der Waals surface area contributed by atoms with E-state index in [2.05, 4.69) is 39.9 Å². The molecule has 1 aliphatic heterocycles. The number of nitrogens with two attached hydrogens (primary N) is 1. The van der Waals surface area contributed by atoms with E-state index in [9.17, 15) is 0 Å². The van der Waals surface area contributed by atoms with E-state index >= 15 is 0 Å². The first-order valence-electron chi connectivity index (χ1n) is 5.90. The Labute approximate surface area is 123 Å². The Kier molecular flexibility index (Phi) is 5.92. The Hall–Kier alpha value is -0.290. The second-order valence-electron chi connectivity index (χ2n) is 4.79. The number of benzene rings is 1. The zero-order chi connectivity index (χ0) is 12.4. The van der Waals surface area contributed by atoms with Crippen molar-refractivity contribution in [2.75, 3.05) is 20.2 Å². The van der Waals surface area contributed by atoms with Crippen LogP contribution in [0.3, 0.4) is 0 Å². The second kappa shape index (κ2) is 6.75. The molecule has 1 fully saturated rings. The van der Waals surface area contributed by atoms with Crippen LogP contribution in [0.1, 0.15) is 12.5 Å². The first kappa shape index (κ1) is 15.8. The van der Waals surface area contributed by atoms with Gasteiger partial charge in [0.05, 0.1) is 7.11 Å². The van der Waals surface area contributed by atoms with Crippen molar-refractivity contribution < 1.29 is 4.74 Å². The highest BCUT2D eigenvalue weighted by Gasteiger charge is 2.26. The minimum Gasteiger partial charge on any atom is -0.496 e. The van der Waals surface area contributed by atoms with Crippen molar-refractivity contribution in [1.82, 2.24) is 4.90 Å². The summed E-state index contributed by atoms with van der Waals surface area (Å²) in [6.07, 6.45) is 0. The Morgan fingerprint density at radius 3 is 2.72 bits per heavy atom. The Morgan fingerprint density at radius 1 is 1.44 bits per heavy atom. The standard InChI is InChI=1S/C13H19BrN2O.ClH/c1-9-6-16(8-12(9)15)7-10-3-4-11(14)5-13(10)17-2;/h3-5,9,12H,6-8,15H2,1-2H3;1H. The van der Waals surface area contributed by atoms with E-state index in [-0.39, 0.29) is 12.4 Å². The first-order chi connectivity index (χ1) is 8.10. The molecule has 2 unspecified atom stereocenters. The lowest BCUT2D eigenvalue weighted by molar-refractivity contribution is 0.310. The summed E-state index contributed by atoms with van der Waals surface area (Å²) in [7, 11) is 1.71. The molecule has 5 heteroatoms. The monoisotopic (exact) mass is 334 g/mol. The lowest BCUT2D eigenvalue weighted by Gasteiger charge is -2.17. The topological polar surface area (TPSA) is 38.5 Å². The molecule has 102 valence electrons. The van der Waals surface area contributed by atoms with Crippen LogP contribution in [0.2, 0.25) is 0 Å². The predicted molar refractivity (Wildman–Crippen MR) is 80.4 cm³/mol. The highest BCUT2D eigenvalue weighted by Crippen LogP contribution is 2.26. The largest absolute Gasteiger partial charge is 0.496 e. The van der Waals surface area contributed by atoms with Gasteiger partial charge in [0.25, 0.3) is 0 Å². The number of hydrogen-bond donors (Lipinski definition) is 1. The van der Waals surface area contributed by atoms with Gasteiger partial charge in [0.1, 0.15) is 5.75 Å². The molecule has 1 aromatic rings. The number of hydrogen-bond acceptors (Lipinski definition) is 3. The van der Waals surface area contributed by atoms with Gasteiger partial charge in [-0.3, -0.25) is 4.90 Å². The molecule has 0 saturated carbocycles. The molecule has 0 spiro atoms. The molecule has 0 amide bonds. The minimum atomic E-state index is 0. The van der Waals surface area contributed by atoms with Gasteiger partial charge in [-0.15, -0.1) is 12.4 Å². The van der Waals surface area contributed by atoms with Gasteiger partial charge in [0, 0.05) is 35.7 Å². The van der Waals surface area contributed by atoms with Crippen LogP contribution in [-0.2, 0) is 6.54 Å². The molecular weight excluding hydrogens is 316 g/mol. The molecule has 0 radical (unpaired) electrons. The minimum absolute atomic E-state index is 0. The van der Waals surface area contributed by atoms with Crippen molar-refractivity contribution in [2.45, 2.75) is 19.5 Å². The van der Waals surface area contributed by atoms with Crippen molar-refractivity contribution in [3.63, 3.8) is 0 Å².